The maximum absolute atomic E-state index is 9.23. The van der Waals surface area contributed by atoms with Crippen LogP contribution in [0.15, 0.2) is 53.5 Å². The minimum atomic E-state index is 0.226. The number of phenols is 1. The minimum Gasteiger partial charge on any atom is -0.508 e. The first-order valence-electron chi connectivity index (χ1n) is 6.65. The van der Waals surface area contributed by atoms with Crippen LogP contribution in [0.4, 0.5) is 5.69 Å². The summed E-state index contributed by atoms with van der Waals surface area (Å²) in [6.07, 6.45) is 3.52. The van der Waals surface area contributed by atoms with Gasteiger partial charge in [0, 0.05) is 6.07 Å². The van der Waals surface area contributed by atoms with Crippen LogP contribution in [0, 0.1) is 0 Å². The zero-order valence-electron chi connectivity index (χ0n) is 12.5. The summed E-state index contributed by atoms with van der Waals surface area (Å²) in [6, 6.07) is 12.1. The Morgan fingerprint density at radius 2 is 1.73 bits per heavy atom. The van der Waals surface area contributed by atoms with Crippen LogP contribution in [0.2, 0.25) is 0 Å². The smallest absolute Gasteiger partial charge is 0.162 e. The molecule has 0 spiro atoms. The lowest BCUT2D eigenvalue weighted by atomic mass is 10.2. The average molecular weight is 298 g/mol. The molecule has 0 bridgehead atoms. The van der Waals surface area contributed by atoms with E-state index >= 15 is 0 Å². The van der Waals surface area contributed by atoms with Crippen molar-refractivity contribution in [1.82, 2.24) is 0 Å². The molecule has 2 aromatic rings. The summed E-state index contributed by atoms with van der Waals surface area (Å²) < 4.78 is 10.4. The molecule has 5 nitrogen and oxygen atoms in total. The van der Waals surface area contributed by atoms with Crippen molar-refractivity contribution < 1.29 is 14.6 Å². The van der Waals surface area contributed by atoms with Crippen molar-refractivity contribution in [2.75, 3.05) is 14.2 Å². The summed E-state index contributed by atoms with van der Waals surface area (Å²) in [4.78, 5) is 4.30. The Kier molecular flexibility index (Phi) is 5.03. The van der Waals surface area contributed by atoms with E-state index in [-0.39, 0.29) is 5.75 Å². The number of phenolic OH excluding ortho intramolecular Hbond substituents is 1. The number of rotatable bonds is 5. The summed E-state index contributed by atoms with van der Waals surface area (Å²) in [5.74, 6) is 1.82. The molecule has 0 fully saturated rings. The van der Waals surface area contributed by atoms with Gasteiger partial charge in [0.2, 0.25) is 0 Å². The molecule has 0 aliphatic carbocycles. The Morgan fingerprint density at radius 1 is 1.05 bits per heavy atom. The monoisotopic (exact) mass is 298 g/mol. The average Bonchev–Trinajstić information content (AvgIpc) is 2.54. The van der Waals surface area contributed by atoms with Crippen molar-refractivity contribution >= 4 is 17.6 Å². The zero-order valence-corrected chi connectivity index (χ0v) is 12.5. The van der Waals surface area contributed by atoms with Gasteiger partial charge in [0.25, 0.3) is 0 Å². The van der Waals surface area contributed by atoms with E-state index in [2.05, 4.69) is 4.99 Å². The normalized spacial score (nSPS) is 11.6. The van der Waals surface area contributed by atoms with E-state index in [1.54, 1.807) is 62.8 Å². The molecule has 0 saturated carbocycles. The van der Waals surface area contributed by atoms with Crippen molar-refractivity contribution in [1.29, 1.82) is 0 Å². The molecular weight excluding hydrogens is 280 g/mol. The van der Waals surface area contributed by atoms with Gasteiger partial charge in [-0.05, 0) is 35.9 Å². The number of ether oxygens (including phenoxy) is 2. The molecule has 5 heteroatoms. The number of nitrogens with two attached hydrogens (primary N) is 1. The number of nitrogens with zero attached hydrogens (tertiary/aromatic N) is 1. The molecule has 2 aromatic carbocycles. The third kappa shape index (κ3) is 4.02. The SMILES string of the molecule is COc1ccc(N=C(N)/C=C/c2ccc(O)cc2)cc1OC. The molecule has 0 aliphatic heterocycles. The van der Waals surface area contributed by atoms with Gasteiger partial charge in [-0.1, -0.05) is 18.2 Å². The van der Waals surface area contributed by atoms with Crippen LogP contribution in [-0.4, -0.2) is 25.2 Å². The van der Waals surface area contributed by atoms with Crippen LogP contribution in [-0.2, 0) is 0 Å². The predicted octanol–water partition coefficient (Wildman–Crippen LogP) is 3.11. The highest BCUT2D eigenvalue weighted by Gasteiger charge is 2.03. The summed E-state index contributed by atoms with van der Waals surface area (Å²) in [7, 11) is 3.15. The number of aromatic hydroxyl groups is 1. The van der Waals surface area contributed by atoms with Gasteiger partial charge in [-0.25, -0.2) is 4.99 Å². The van der Waals surface area contributed by atoms with Gasteiger partial charge in [-0.2, -0.15) is 0 Å². The van der Waals surface area contributed by atoms with Crippen LogP contribution in [0.1, 0.15) is 5.56 Å². The second-order valence-corrected chi connectivity index (χ2v) is 4.50. The highest BCUT2D eigenvalue weighted by atomic mass is 16.5. The second-order valence-electron chi connectivity index (χ2n) is 4.50. The standard InChI is InChI=1S/C17H18N2O3/c1-21-15-9-6-13(11-16(15)22-2)19-17(18)10-5-12-3-7-14(20)8-4-12/h3-11,20H,1-2H3,(H2,18,19)/b10-5+. The van der Waals surface area contributed by atoms with Crippen LogP contribution in [0.3, 0.4) is 0 Å². The number of benzene rings is 2. The van der Waals surface area contributed by atoms with Gasteiger partial charge < -0.3 is 20.3 Å². The van der Waals surface area contributed by atoms with E-state index in [0.29, 0.717) is 23.0 Å². The zero-order chi connectivity index (χ0) is 15.9. The Bertz CT molecular complexity index is 692. The number of hydrogen-bond donors (Lipinski definition) is 2. The van der Waals surface area contributed by atoms with Gasteiger partial charge in [-0.15, -0.1) is 0 Å². The Hall–Kier alpha value is -2.95. The molecule has 0 unspecified atom stereocenters. The summed E-state index contributed by atoms with van der Waals surface area (Å²) >= 11 is 0. The third-order valence-electron chi connectivity index (χ3n) is 2.96. The molecule has 22 heavy (non-hydrogen) atoms. The van der Waals surface area contributed by atoms with Gasteiger partial charge in [0.05, 0.1) is 19.9 Å². The molecular formula is C17H18N2O3. The van der Waals surface area contributed by atoms with E-state index in [0.717, 1.165) is 5.56 Å². The first-order valence-corrected chi connectivity index (χ1v) is 6.65. The molecule has 2 rings (SSSR count). The van der Waals surface area contributed by atoms with Gasteiger partial charge >= 0.3 is 0 Å². The third-order valence-corrected chi connectivity index (χ3v) is 2.96. The quantitative estimate of drug-likeness (QED) is 0.657. The first-order chi connectivity index (χ1) is 10.6. The fourth-order valence-corrected chi connectivity index (χ4v) is 1.85. The van der Waals surface area contributed by atoms with Gasteiger partial charge in [0.15, 0.2) is 11.5 Å². The lowest BCUT2D eigenvalue weighted by Gasteiger charge is -2.07. The number of amidine groups is 1. The Labute approximate surface area is 129 Å². The van der Waals surface area contributed by atoms with Crippen molar-refractivity contribution in [3.8, 4) is 17.2 Å². The molecule has 114 valence electrons. The largest absolute Gasteiger partial charge is 0.508 e. The fourth-order valence-electron chi connectivity index (χ4n) is 1.85. The van der Waals surface area contributed by atoms with Crippen molar-refractivity contribution in [2.45, 2.75) is 0 Å². The topological polar surface area (TPSA) is 77.1 Å². The minimum absolute atomic E-state index is 0.226. The van der Waals surface area contributed by atoms with Crippen molar-refractivity contribution in [2.24, 2.45) is 10.7 Å². The van der Waals surface area contributed by atoms with Crippen LogP contribution in [0.5, 0.6) is 17.2 Å². The van der Waals surface area contributed by atoms with E-state index < -0.39 is 0 Å². The Balaban J connectivity index is 2.16. The summed E-state index contributed by atoms with van der Waals surface area (Å²) in [5.41, 5.74) is 7.48. The number of methoxy groups -OCH3 is 2. The van der Waals surface area contributed by atoms with Crippen LogP contribution >= 0.6 is 0 Å². The molecule has 0 atom stereocenters. The summed E-state index contributed by atoms with van der Waals surface area (Å²) in [5, 5.41) is 9.23. The maximum atomic E-state index is 9.23. The number of aliphatic imine (C=N–C) groups is 1. The van der Waals surface area contributed by atoms with E-state index in [4.69, 9.17) is 15.2 Å². The van der Waals surface area contributed by atoms with Crippen molar-refractivity contribution in [3.63, 3.8) is 0 Å². The second kappa shape index (κ2) is 7.17. The van der Waals surface area contributed by atoms with Gasteiger partial charge in [-0.3, -0.25) is 0 Å². The summed E-state index contributed by atoms with van der Waals surface area (Å²) in [6.45, 7) is 0. The molecule has 0 heterocycles. The molecule has 0 aliphatic rings. The van der Waals surface area contributed by atoms with Crippen LogP contribution in [0.25, 0.3) is 6.08 Å². The molecule has 3 N–H and O–H groups in total. The highest BCUT2D eigenvalue weighted by molar-refractivity contribution is 5.96. The Morgan fingerprint density at radius 3 is 2.36 bits per heavy atom. The lowest BCUT2D eigenvalue weighted by Crippen LogP contribution is -2.06. The predicted molar refractivity (Wildman–Crippen MR) is 88.0 cm³/mol. The lowest BCUT2D eigenvalue weighted by molar-refractivity contribution is 0.355. The van der Waals surface area contributed by atoms with E-state index in [1.165, 1.54) is 0 Å². The molecule has 0 saturated heterocycles. The number of hydrogen-bond acceptors (Lipinski definition) is 4. The fraction of sp³-hybridized carbons (Fsp3) is 0.118. The van der Waals surface area contributed by atoms with Gasteiger partial charge in [0.1, 0.15) is 11.6 Å². The van der Waals surface area contributed by atoms with Crippen molar-refractivity contribution in [3.05, 3.63) is 54.1 Å². The van der Waals surface area contributed by atoms with Crippen LogP contribution < -0.4 is 15.2 Å². The van der Waals surface area contributed by atoms with E-state index in [1.807, 2.05) is 6.08 Å². The van der Waals surface area contributed by atoms with E-state index in [9.17, 15) is 5.11 Å². The molecule has 0 amide bonds. The highest BCUT2D eigenvalue weighted by Crippen LogP contribution is 2.30. The molecule has 0 aromatic heterocycles. The maximum Gasteiger partial charge on any atom is 0.162 e. The first kappa shape index (κ1) is 15.4. The molecule has 0 radical (unpaired) electrons.